The topological polar surface area (TPSA) is 35.5 Å². The van der Waals surface area contributed by atoms with Crippen molar-refractivity contribution >= 4 is 21.9 Å². The Kier molecular flexibility index (Phi) is 4.03. The molecule has 0 aliphatic heterocycles. The average Bonchev–Trinajstić information content (AvgIpc) is 1.85. The molecule has 0 bridgehead atoms. The monoisotopic (exact) mass is 224 g/mol. The van der Waals surface area contributed by atoms with E-state index in [-0.39, 0.29) is 5.97 Å². The van der Waals surface area contributed by atoms with Gasteiger partial charge in [-0.25, -0.2) is 0 Å². The van der Waals surface area contributed by atoms with Crippen LogP contribution >= 0.6 is 15.9 Å². The van der Waals surface area contributed by atoms with Gasteiger partial charge in [0.1, 0.15) is 4.32 Å². The van der Waals surface area contributed by atoms with Gasteiger partial charge in [-0.15, -0.1) is 0 Å². The number of alkyl halides is 1. The maximum absolute atomic E-state index is 11.1. The minimum atomic E-state index is -0.639. The maximum atomic E-state index is 11.1. The number of halogens is 1. The number of hydrogen-bond donors (Lipinski definition) is 0. The van der Waals surface area contributed by atoms with Crippen LogP contribution in [-0.2, 0) is 14.3 Å². The van der Waals surface area contributed by atoms with Crippen LogP contribution in [0.4, 0.5) is 0 Å². The molecule has 1 unspecified atom stereocenters. The second kappa shape index (κ2) is 4.07. The predicted octanol–water partition coefficient (Wildman–Crippen LogP) is 1.70. The molecule has 0 saturated carbocycles. The molecular weight excluding hydrogens is 212 g/mol. The zero-order valence-electron chi connectivity index (χ0n) is 7.18. The summed E-state index contributed by atoms with van der Waals surface area (Å²) in [6.07, 6.45) is -0.487. The van der Waals surface area contributed by atoms with Crippen LogP contribution in [0.2, 0.25) is 0 Å². The summed E-state index contributed by atoms with van der Waals surface area (Å²) < 4.78 is 8.97. The normalized spacial score (nSPS) is 14.3. The Labute approximate surface area is 75.2 Å². The van der Waals surface area contributed by atoms with Gasteiger partial charge in [0.2, 0.25) is 0 Å². The first-order valence-electron chi connectivity index (χ1n) is 3.30. The molecule has 0 aromatic rings. The van der Waals surface area contributed by atoms with Crippen LogP contribution in [0.3, 0.4) is 0 Å². The number of carbonyl (C=O) groups excluding carboxylic acids is 1. The van der Waals surface area contributed by atoms with Crippen molar-refractivity contribution in [3.8, 4) is 0 Å². The Morgan fingerprint density at radius 3 is 2.27 bits per heavy atom. The Bertz CT molecular complexity index is 139. The Hall–Kier alpha value is -0.0900. The number of ether oxygens (including phenoxy) is 2. The average molecular weight is 225 g/mol. The van der Waals surface area contributed by atoms with Crippen LogP contribution in [0.1, 0.15) is 20.8 Å². The standard InChI is InChI=1S/C7H13BrO3/c1-5(10-4)11-6(9)7(2,3)8/h5H,1-4H3. The van der Waals surface area contributed by atoms with Gasteiger partial charge < -0.3 is 9.47 Å². The minimum Gasteiger partial charge on any atom is -0.435 e. The zero-order valence-corrected chi connectivity index (χ0v) is 8.77. The fourth-order valence-electron chi connectivity index (χ4n) is 0.339. The molecule has 11 heavy (non-hydrogen) atoms. The van der Waals surface area contributed by atoms with E-state index >= 15 is 0 Å². The zero-order chi connectivity index (χ0) is 9.07. The molecule has 0 rings (SSSR count). The molecule has 0 heterocycles. The summed E-state index contributed by atoms with van der Waals surface area (Å²) in [6, 6.07) is 0. The van der Waals surface area contributed by atoms with Gasteiger partial charge in [-0.05, 0) is 20.8 Å². The lowest BCUT2D eigenvalue weighted by Crippen LogP contribution is -2.30. The second-order valence-corrected chi connectivity index (χ2v) is 4.66. The summed E-state index contributed by atoms with van der Waals surface area (Å²) in [6.45, 7) is 5.10. The van der Waals surface area contributed by atoms with Crippen LogP contribution in [0.5, 0.6) is 0 Å². The Balaban J connectivity index is 3.88. The van der Waals surface area contributed by atoms with Crippen molar-refractivity contribution in [2.45, 2.75) is 31.4 Å². The van der Waals surface area contributed by atoms with Gasteiger partial charge in [0.05, 0.1) is 0 Å². The highest BCUT2D eigenvalue weighted by molar-refractivity contribution is 9.10. The van der Waals surface area contributed by atoms with Gasteiger partial charge in [-0.2, -0.15) is 0 Å². The first kappa shape index (κ1) is 10.9. The third-order valence-corrected chi connectivity index (χ3v) is 1.41. The number of methoxy groups -OCH3 is 1. The number of hydrogen-bond acceptors (Lipinski definition) is 3. The van der Waals surface area contributed by atoms with E-state index in [9.17, 15) is 4.79 Å². The summed E-state index contributed by atoms with van der Waals surface area (Å²) in [4.78, 5) is 11.1. The molecule has 0 aliphatic rings. The van der Waals surface area contributed by atoms with E-state index in [0.717, 1.165) is 0 Å². The van der Waals surface area contributed by atoms with Gasteiger partial charge >= 0.3 is 5.97 Å². The number of carbonyl (C=O) groups is 1. The highest BCUT2D eigenvalue weighted by Crippen LogP contribution is 2.18. The molecule has 1 atom stereocenters. The highest BCUT2D eigenvalue weighted by atomic mass is 79.9. The smallest absolute Gasteiger partial charge is 0.324 e. The molecule has 0 saturated heterocycles. The van der Waals surface area contributed by atoms with Crippen molar-refractivity contribution in [1.82, 2.24) is 0 Å². The molecule has 0 aromatic carbocycles. The van der Waals surface area contributed by atoms with Gasteiger partial charge in [0, 0.05) is 7.11 Å². The molecule has 0 fully saturated rings. The van der Waals surface area contributed by atoms with Crippen LogP contribution in [0.15, 0.2) is 0 Å². The van der Waals surface area contributed by atoms with Gasteiger partial charge in [0.15, 0.2) is 6.29 Å². The SMILES string of the molecule is COC(C)OC(=O)C(C)(C)Br. The van der Waals surface area contributed by atoms with Gasteiger partial charge in [0.25, 0.3) is 0 Å². The largest absolute Gasteiger partial charge is 0.435 e. The van der Waals surface area contributed by atoms with Crippen molar-refractivity contribution in [3.63, 3.8) is 0 Å². The second-order valence-electron chi connectivity index (χ2n) is 2.68. The van der Waals surface area contributed by atoms with Crippen molar-refractivity contribution in [2.75, 3.05) is 7.11 Å². The van der Waals surface area contributed by atoms with Crippen LogP contribution in [0.25, 0.3) is 0 Å². The first-order chi connectivity index (χ1) is 4.88. The fraction of sp³-hybridized carbons (Fsp3) is 0.857. The minimum absolute atomic E-state index is 0.327. The lowest BCUT2D eigenvalue weighted by molar-refractivity contribution is -0.171. The lowest BCUT2D eigenvalue weighted by Gasteiger charge is -2.18. The third-order valence-electron chi connectivity index (χ3n) is 1.09. The summed E-state index contributed by atoms with van der Waals surface area (Å²) in [5.41, 5.74) is 0. The van der Waals surface area contributed by atoms with Gasteiger partial charge in [-0.3, -0.25) is 4.79 Å². The summed E-state index contributed by atoms with van der Waals surface area (Å²) >= 11 is 3.17. The molecule has 0 amide bonds. The number of rotatable bonds is 3. The molecule has 3 nitrogen and oxygen atoms in total. The van der Waals surface area contributed by atoms with Crippen molar-refractivity contribution in [1.29, 1.82) is 0 Å². The lowest BCUT2D eigenvalue weighted by atomic mass is 10.2. The van der Waals surface area contributed by atoms with E-state index in [1.165, 1.54) is 7.11 Å². The van der Waals surface area contributed by atoms with E-state index in [0.29, 0.717) is 0 Å². The van der Waals surface area contributed by atoms with Crippen LogP contribution < -0.4 is 0 Å². The number of esters is 1. The third kappa shape index (κ3) is 4.37. The van der Waals surface area contributed by atoms with E-state index < -0.39 is 10.6 Å². The highest BCUT2D eigenvalue weighted by Gasteiger charge is 2.26. The summed E-state index contributed by atoms with van der Waals surface area (Å²) in [5, 5.41) is 0. The van der Waals surface area contributed by atoms with Gasteiger partial charge in [-0.1, -0.05) is 15.9 Å². The van der Waals surface area contributed by atoms with Crippen molar-refractivity contribution in [2.24, 2.45) is 0 Å². The van der Waals surface area contributed by atoms with E-state index in [2.05, 4.69) is 15.9 Å². The maximum Gasteiger partial charge on any atom is 0.324 e. The predicted molar refractivity (Wildman–Crippen MR) is 45.6 cm³/mol. The first-order valence-corrected chi connectivity index (χ1v) is 4.10. The van der Waals surface area contributed by atoms with Crippen LogP contribution in [-0.4, -0.2) is 23.7 Å². The molecule has 66 valence electrons. The summed E-state index contributed by atoms with van der Waals surface area (Å²) in [7, 11) is 1.49. The van der Waals surface area contributed by atoms with Crippen molar-refractivity contribution < 1.29 is 14.3 Å². The molecule has 0 aliphatic carbocycles. The molecule has 0 radical (unpaired) electrons. The summed E-state index contributed by atoms with van der Waals surface area (Å²) in [5.74, 6) is -0.327. The Morgan fingerprint density at radius 2 is 2.00 bits per heavy atom. The molecule has 0 aromatic heterocycles. The Morgan fingerprint density at radius 1 is 1.55 bits per heavy atom. The van der Waals surface area contributed by atoms with Crippen LogP contribution in [0, 0.1) is 0 Å². The quantitative estimate of drug-likeness (QED) is 0.416. The van der Waals surface area contributed by atoms with E-state index in [1.54, 1.807) is 20.8 Å². The molecular formula is C7H13BrO3. The molecule has 4 heteroatoms. The van der Waals surface area contributed by atoms with E-state index in [4.69, 9.17) is 9.47 Å². The van der Waals surface area contributed by atoms with Crippen molar-refractivity contribution in [3.05, 3.63) is 0 Å². The molecule has 0 spiro atoms. The molecule has 0 N–H and O–H groups in total. The fourth-order valence-corrected chi connectivity index (χ4v) is 0.432. The van der Waals surface area contributed by atoms with E-state index in [1.807, 2.05) is 0 Å².